The summed E-state index contributed by atoms with van der Waals surface area (Å²) in [6, 6.07) is 12.4. The van der Waals surface area contributed by atoms with Gasteiger partial charge < -0.3 is 26.2 Å². The number of benzene rings is 2. The Bertz CT molecular complexity index is 1470. The minimum atomic E-state index is -0.816. The Morgan fingerprint density at radius 2 is 1.95 bits per heavy atom. The van der Waals surface area contributed by atoms with Gasteiger partial charge in [0.25, 0.3) is 0 Å². The van der Waals surface area contributed by atoms with Crippen molar-refractivity contribution in [1.29, 1.82) is 5.41 Å². The molecule has 0 saturated carbocycles. The fraction of sp³-hybridized carbons (Fsp3) is 0.400. The minimum Gasteiger partial charge on any atom is -0.370 e. The second-order valence-corrected chi connectivity index (χ2v) is 11.6. The topological polar surface area (TPSA) is 162 Å². The smallest absolute Gasteiger partial charge is 0.243 e. The van der Waals surface area contributed by atoms with Crippen LogP contribution in [0.5, 0.6) is 0 Å². The molecule has 2 aliphatic rings. The molecule has 3 heterocycles. The molecule has 11 nitrogen and oxygen atoms in total. The van der Waals surface area contributed by atoms with Crippen molar-refractivity contribution in [2.24, 2.45) is 5.73 Å². The van der Waals surface area contributed by atoms with Crippen LogP contribution in [0.3, 0.4) is 0 Å². The SMILES string of the molecule is N=C(N)NCCCC(NC(=O)C1CCC2CN(C(=O)CCc3cccc4ccccc34)CC(=O)N21)C(=O)c1nccs1. The number of amides is 3. The normalized spacial score (nSPS) is 18.9. The molecule has 1 aromatic heterocycles. The zero-order valence-electron chi connectivity index (χ0n) is 23.3. The molecule has 0 aliphatic carbocycles. The molecule has 3 amide bonds. The fourth-order valence-electron chi connectivity index (χ4n) is 5.92. The summed E-state index contributed by atoms with van der Waals surface area (Å²) < 4.78 is 0. The number of carbonyl (C=O) groups excluding carboxylic acids is 4. The van der Waals surface area contributed by atoms with Gasteiger partial charge in [0.05, 0.1) is 18.6 Å². The maximum atomic E-state index is 13.4. The Morgan fingerprint density at radius 1 is 1.14 bits per heavy atom. The van der Waals surface area contributed by atoms with Gasteiger partial charge in [0.1, 0.15) is 6.04 Å². The third-order valence-electron chi connectivity index (χ3n) is 7.95. The van der Waals surface area contributed by atoms with Gasteiger partial charge in [-0.05, 0) is 48.4 Å². The van der Waals surface area contributed by atoms with E-state index in [9.17, 15) is 19.2 Å². The number of nitrogens with one attached hydrogen (secondary N) is 3. The van der Waals surface area contributed by atoms with Crippen LogP contribution in [-0.2, 0) is 20.8 Å². The number of fused-ring (bicyclic) bond motifs is 2. The monoisotopic (exact) mass is 589 g/mol. The van der Waals surface area contributed by atoms with E-state index in [0.29, 0.717) is 56.6 Å². The van der Waals surface area contributed by atoms with Crippen LogP contribution in [0.15, 0.2) is 54.0 Å². The number of aryl methyl sites for hydroxylation is 1. The second kappa shape index (κ2) is 13.1. The minimum absolute atomic E-state index is 0.0627. The largest absolute Gasteiger partial charge is 0.370 e. The van der Waals surface area contributed by atoms with Crippen LogP contribution in [0.4, 0.5) is 0 Å². The maximum absolute atomic E-state index is 13.4. The van der Waals surface area contributed by atoms with Crippen LogP contribution in [0.2, 0.25) is 0 Å². The first-order valence-corrected chi connectivity index (χ1v) is 15.1. The number of carbonyl (C=O) groups is 4. The number of hydrogen-bond donors (Lipinski definition) is 4. The highest BCUT2D eigenvalue weighted by Gasteiger charge is 2.46. The van der Waals surface area contributed by atoms with Crippen LogP contribution < -0.4 is 16.4 Å². The summed E-state index contributed by atoms with van der Waals surface area (Å²) in [6.45, 7) is 0.711. The number of thiazole rings is 1. The van der Waals surface area contributed by atoms with Gasteiger partial charge in [0, 0.05) is 31.1 Å². The fourth-order valence-corrected chi connectivity index (χ4v) is 6.55. The molecule has 3 aromatic rings. The number of nitrogens with zero attached hydrogens (tertiary/aromatic N) is 3. The van der Waals surface area contributed by atoms with Crippen molar-refractivity contribution in [3.05, 3.63) is 64.6 Å². The zero-order valence-corrected chi connectivity index (χ0v) is 24.1. The average Bonchev–Trinajstić information content (AvgIpc) is 3.68. The van der Waals surface area contributed by atoms with Gasteiger partial charge in [-0.3, -0.25) is 24.6 Å². The lowest BCUT2D eigenvalue weighted by Crippen LogP contribution is -2.60. The lowest BCUT2D eigenvalue weighted by atomic mass is 10.0. The predicted octanol–water partition coefficient (Wildman–Crippen LogP) is 2.06. The average molecular weight is 590 g/mol. The molecule has 2 saturated heterocycles. The number of nitrogens with two attached hydrogens (primary N) is 1. The molecule has 0 radical (unpaired) electrons. The van der Waals surface area contributed by atoms with Crippen LogP contribution in [0, 0.1) is 5.41 Å². The molecule has 5 rings (SSSR count). The van der Waals surface area contributed by atoms with Crippen molar-refractivity contribution in [1.82, 2.24) is 25.4 Å². The summed E-state index contributed by atoms with van der Waals surface area (Å²) in [4.78, 5) is 60.3. The summed E-state index contributed by atoms with van der Waals surface area (Å²) in [5.41, 5.74) is 6.44. The summed E-state index contributed by atoms with van der Waals surface area (Å²) >= 11 is 1.20. The molecule has 2 fully saturated rings. The molecule has 2 aliphatic heterocycles. The Morgan fingerprint density at radius 3 is 2.74 bits per heavy atom. The van der Waals surface area contributed by atoms with Crippen LogP contribution in [0.25, 0.3) is 10.8 Å². The number of ketones is 1. The molecule has 0 spiro atoms. The van der Waals surface area contributed by atoms with Crippen molar-refractivity contribution in [3.63, 3.8) is 0 Å². The van der Waals surface area contributed by atoms with Crippen molar-refractivity contribution in [2.75, 3.05) is 19.6 Å². The van der Waals surface area contributed by atoms with E-state index in [1.54, 1.807) is 15.2 Å². The van der Waals surface area contributed by atoms with E-state index >= 15 is 0 Å². The molecule has 3 unspecified atom stereocenters. The van der Waals surface area contributed by atoms with E-state index in [-0.39, 0.29) is 42.1 Å². The Kier molecular flexibility index (Phi) is 9.11. The number of rotatable bonds is 11. The zero-order chi connectivity index (χ0) is 29.6. The van der Waals surface area contributed by atoms with Crippen molar-refractivity contribution in [3.8, 4) is 0 Å². The summed E-state index contributed by atoms with van der Waals surface area (Å²) in [5.74, 6) is -1.16. The number of guanidine groups is 1. The summed E-state index contributed by atoms with van der Waals surface area (Å²) in [7, 11) is 0. The Hall–Kier alpha value is -4.32. The molecule has 0 bridgehead atoms. The summed E-state index contributed by atoms with van der Waals surface area (Å²) in [5, 5.41) is 17.1. The lowest BCUT2D eigenvalue weighted by molar-refractivity contribution is -0.151. The standard InChI is InChI=1S/C30H35N7O4S/c31-30(32)34-14-4-9-23(27(40)29-33-15-16-42-29)35-28(41)24-12-11-21-17-36(18-26(39)37(21)24)25(38)13-10-20-7-3-6-19-5-1-2-8-22(19)20/h1-3,5-8,15-16,21,23-24H,4,9-14,17-18H2,(H,35,41)(H4,31,32,34). The van der Waals surface area contributed by atoms with Crippen LogP contribution in [-0.4, -0.2) is 82.0 Å². The van der Waals surface area contributed by atoms with E-state index in [0.717, 1.165) is 16.3 Å². The third kappa shape index (κ3) is 6.59. The van der Waals surface area contributed by atoms with Gasteiger partial charge in [0.15, 0.2) is 11.0 Å². The molecule has 220 valence electrons. The molecule has 42 heavy (non-hydrogen) atoms. The van der Waals surface area contributed by atoms with Gasteiger partial charge in [-0.15, -0.1) is 11.3 Å². The van der Waals surface area contributed by atoms with Crippen LogP contribution in [0.1, 0.15) is 47.5 Å². The Balaban J connectivity index is 1.19. The van der Waals surface area contributed by atoms with Gasteiger partial charge in [-0.1, -0.05) is 42.5 Å². The molecule has 2 aromatic carbocycles. The van der Waals surface area contributed by atoms with E-state index in [4.69, 9.17) is 11.1 Å². The highest BCUT2D eigenvalue weighted by molar-refractivity contribution is 7.11. The molecular weight excluding hydrogens is 554 g/mol. The molecule has 3 atom stereocenters. The van der Waals surface area contributed by atoms with Gasteiger partial charge in [-0.25, -0.2) is 4.98 Å². The quantitative estimate of drug-likeness (QED) is 0.115. The van der Waals surface area contributed by atoms with E-state index in [1.165, 1.54) is 17.5 Å². The van der Waals surface area contributed by atoms with Crippen molar-refractivity contribution in [2.45, 2.75) is 56.7 Å². The van der Waals surface area contributed by atoms with E-state index in [1.807, 2.05) is 36.4 Å². The number of Topliss-reactive ketones (excluding diaryl/α,β-unsaturated/α-hetero) is 1. The van der Waals surface area contributed by atoms with Crippen LogP contribution >= 0.6 is 11.3 Å². The first-order chi connectivity index (χ1) is 20.3. The lowest BCUT2D eigenvalue weighted by Gasteiger charge is -2.39. The van der Waals surface area contributed by atoms with E-state index in [2.05, 4.69) is 21.7 Å². The molecule has 5 N–H and O–H groups in total. The third-order valence-corrected chi connectivity index (χ3v) is 8.74. The molecular formula is C30H35N7O4S. The van der Waals surface area contributed by atoms with Gasteiger partial charge in [-0.2, -0.15) is 0 Å². The molecule has 12 heteroatoms. The highest BCUT2D eigenvalue weighted by atomic mass is 32.1. The Labute approximate surface area is 248 Å². The number of aromatic nitrogens is 1. The number of hydrogen-bond acceptors (Lipinski definition) is 7. The summed E-state index contributed by atoms with van der Waals surface area (Å²) in [6.07, 6.45) is 4.31. The van der Waals surface area contributed by atoms with Crippen molar-refractivity contribution >= 4 is 51.6 Å². The predicted molar refractivity (Wildman–Crippen MR) is 160 cm³/mol. The maximum Gasteiger partial charge on any atom is 0.243 e. The van der Waals surface area contributed by atoms with Gasteiger partial charge >= 0.3 is 0 Å². The highest BCUT2D eigenvalue weighted by Crippen LogP contribution is 2.29. The van der Waals surface area contributed by atoms with Gasteiger partial charge in [0.2, 0.25) is 23.5 Å². The first-order valence-electron chi connectivity index (χ1n) is 14.2. The second-order valence-electron chi connectivity index (χ2n) is 10.7. The van der Waals surface area contributed by atoms with Crippen molar-refractivity contribution < 1.29 is 19.2 Å². The first kappa shape index (κ1) is 29.2. The van der Waals surface area contributed by atoms with E-state index < -0.39 is 12.1 Å². The number of piperazine rings is 1.